The average molecular weight is 183 g/mol. The molecule has 1 rings (SSSR count). The summed E-state index contributed by atoms with van der Waals surface area (Å²) >= 11 is 0. The molecule has 0 bridgehead atoms. The Bertz CT molecular complexity index is 358. The van der Waals surface area contributed by atoms with E-state index < -0.39 is 9.84 Å². The van der Waals surface area contributed by atoms with Gasteiger partial charge in [0, 0.05) is 6.20 Å². The summed E-state index contributed by atoms with van der Waals surface area (Å²) in [6.45, 7) is 3.34. The van der Waals surface area contributed by atoms with Crippen molar-refractivity contribution in [2.24, 2.45) is 0 Å². The van der Waals surface area contributed by atoms with Crippen molar-refractivity contribution < 1.29 is 8.42 Å². The van der Waals surface area contributed by atoms with Gasteiger partial charge in [-0.05, 0) is 6.07 Å². The first-order chi connectivity index (χ1) is 5.67. The van der Waals surface area contributed by atoms with Crippen molar-refractivity contribution in [3.05, 3.63) is 31.2 Å². The smallest absolute Gasteiger partial charge is 0.199 e. The molecule has 5 heteroatoms. The fourth-order valence-corrected chi connectivity index (χ4v) is 1.59. The Morgan fingerprint density at radius 2 is 2.42 bits per heavy atom. The van der Waals surface area contributed by atoms with Crippen molar-refractivity contribution >= 4 is 9.84 Å². The molecule has 0 amide bonds. The van der Waals surface area contributed by atoms with Crippen molar-refractivity contribution in [1.29, 1.82) is 0 Å². The summed E-state index contributed by atoms with van der Waals surface area (Å²) in [6, 6.07) is 1.33. The van der Waals surface area contributed by atoms with Crippen LogP contribution in [0.1, 0.15) is 0 Å². The SMILES string of the molecule is C=CCS(=O)(=O)c1ccn[c]n1. The van der Waals surface area contributed by atoms with Crippen molar-refractivity contribution in [3.8, 4) is 0 Å². The van der Waals surface area contributed by atoms with Gasteiger partial charge in [0.25, 0.3) is 0 Å². The highest BCUT2D eigenvalue weighted by atomic mass is 32.2. The number of hydrogen-bond acceptors (Lipinski definition) is 4. The lowest BCUT2D eigenvalue weighted by Crippen LogP contribution is -2.06. The number of nitrogens with zero attached hydrogens (tertiary/aromatic N) is 2. The maximum atomic E-state index is 11.3. The zero-order chi connectivity index (χ0) is 9.03. The molecule has 1 aromatic heterocycles. The second-order valence-electron chi connectivity index (χ2n) is 2.06. The van der Waals surface area contributed by atoms with E-state index in [1.165, 1.54) is 18.3 Å². The van der Waals surface area contributed by atoms with Crippen molar-refractivity contribution in [2.45, 2.75) is 5.03 Å². The van der Waals surface area contributed by atoms with Crippen molar-refractivity contribution in [2.75, 3.05) is 5.75 Å². The Labute approximate surface area is 70.9 Å². The normalized spacial score (nSPS) is 11.0. The molecule has 1 heterocycles. The summed E-state index contributed by atoms with van der Waals surface area (Å²) in [4.78, 5) is 6.99. The van der Waals surface area contributed by atoms with Gasteiger partial charge in [-0.15, -0.1) is 6.58 Å². The number of aromatic nitrogens is 2. The predicted molar refractivity (Wildman–Crippen MR) is 43.1 cm³/mol. The summed E-state index contributed by atoms with van der Waals surface area (Å²) in [6.07, 6.45) is 4.87. The van der Waals surface area contributed by atoms with Crippen LogP contribution >= 0.6 is 0 Å². The third-order valence-corrected chi connectivity index (χ3v) is 2.70. The van der Waals surface area contributed by atoms with Gasteiger partial charge in [0.2, 0.25) is 0 Å². The Morgan fingerprint density at radius 1 is 1.67 bits per heavy atom. The monoisotopic (exact) mass is 183 g/mol. The van der Waals surface area contributed by atoms with Crippen LogP contribution in [-0.4, -0.2) is 24.1 Å². The van der Waals surface area contributed by atoms with Gasteiger partial charge in [-0.25, -0.2) is 18.4 Å². The van der Waals surface area contributed by atoms with Crippen LogP contribution in [0, 0.1) is 6.33 Å². The first-order valence-electron chi connectivity index (χ1n) is 3.19. The summed E-state index contributed by atoms with van der Waals surface area (Å²) in [5.74, 6) is -0.113. The summed E-state index contributed by atoms with van der Waals surface area (Å²) in [5.41, 5.74) is 0. The average Bonchev–Trinajstić information content (AvgIpc) is 2.06. The van der Waals surface area contributed by atoms with E-state index in [2.05, 4.69) is 22.9 Å². The molecule has 1 aromatic rings. The quantitative estimate of drug-likeness (QED) is 0.497. The van der Waals surface area contributed by atoms with Crippen LogP contribution in [0.25, 0.3) is 0 Å². The number of hydrogen-bond donors (Lipinski definition) is 0. The largest absolute Gasteiger partial charge is 0.234 e. The van der Waals surface area contributed by atoms with E-state index >= 15 is 0 Å². The summed E-state index contributed by atoms with van der Waals surface area (Å²) < 4.78 is 22.5. The minimum absolute atomic E-state index is 0.0163. The van der Waals surface area contributed by atoms with Gasteiger partial charge in [-0.3, -0.25) is 0 Å². The number of sulfone groups is 1. The van der Waals surface area contributed by atoms with Crippen LogP contribution in [-0.2, 0) is 9.84 Å². The van der Waals surface area contributed by atoms with Crippen LogP contribution in [0.5, 0.6) is 0 Å². The van der Waals surface area contributed by atoms with E-state index in [4.69, 9.17) is 0 Å². The molecule has 0 aliphatic carbocycles. The first kappa shape index (κ1) is 8.86. The lowest BCUT2D eigenvalue weighted by molar-refractivity contribution is 0.594. The van der Waals surface area contributed by atoms with Crippen LogP contribution < -0.4 is 0 Å². The summed E-state index contributed by atoms with van der Waals surface area (Å²) in [7, 11) is -3.31. The molecule has 0 N–H and O–H groups in total. The molecule has 0 aromatic carbocycles. The van der Waals surface area contributed by atoms with Gasteiger partial charge >= 0.3 is 0 Å². The molecule has 0 unspecified atom stereocenters. The topological polar surface area (TPSA) is 59.9 Å². The minimum atomic E-state index is -3.31. The highest BCUT2D eigenvalue weighted by Gasteiger charge is 2.12. The molecule has 1 radical (unpaired) electrons. The highest BCUT2D eigenvalue weighted by Crippen LogP contribution is 2.04. The fourth-order valence-electron chi connectivity index (χ4n) is 0.664. The number of rotatable bonds is 3. The molecular formula is C7H7N2O2S. The Hall–Kier alpha value is -1.23. The van der Waals surface area contributed by atoms with Gasteiger partial charge in [-0.2, -0.15) is 0 Å². The molecule has 0 saturated carbocycles. The van der Waals surface area contributed by atoms with E-state index in [1.807, 2.05) is 0 Å². The molecular weight excluding hydrogens is 176 g/mol. The van der Waals surface area contributed by atoms with Gasteiger partial charge in [0.15, 0.2) is 21.2 Å². The van der Waals surface area contributed by atoms with E-state index in [0.29, 0.717) is 0 Å². The van der Waals surface area contributed by atoms with Gasteiger partial charge in [0.1, 0.15) is 0 Å². The van der Waals surface area contributed by atoms with Crippen molar-refractivity contribution in [1.82, 2.24) is 9.97 Å². The molecule has 0 atom stereocenters. The molecule has 0 aliphatic rings. The molecule has 4 nitrogen and oxygen atoms in total. The lowest BCUT2D eigenvalue weighted by Gasteiger charge is -1.96. The van der Waals surface area contributed by atoms with E-state index in [0.717, 1.165) is 0 Å². The standard InChI is InChI=1S/C7H7N2O2S/c1-2-5-12(10,11)7-3-4-8-6-9-7/h2-4H,1,5H2. The third kappa shape index (κ3) is 1.88. The molecule has 0 fully saturated rings. The highest BCUT2D eigenvalue weighted by molar-refractivity contribution is 7.91. The first-order valence-corrected chi connectivity index (χ1v) is 4.85. The van der Waals surface area contributed by atoms with Gasteiger partial charge in [0.05, 0.1) is 5.75 Å². The Kier molecular flexibility index (Phi) is 2.54. The maximum absolute atomic E-state index is 11.3. The second-order valence-corrected chi connectivity index (χ2v) is 4.05. The van der Waals surface area contributed by atoms with Gasteiger partial charge < -0.3 is 0 Å². The van der Waals surface area contributed by atoms with Gasteiger partial charge in [-0.1, -0.05) is 6.08 Å². The molecule has 0 saturated heterocycles. The molecule has 0 spiro atoms. The Balaban J connectivity index is 3.07. The van der Waals surface area contributed by atoms with E-state index in [9.17, 15) is 8.42 Å². The van der Waals surface area contributed by atoms with Crippen molar-refractivity contribution in [3.63, 3.8) is 0 Å². The van der Waals surface area contributed by atoms with Crippen LogP contribution in [0.3, 0.4) is 0 Å². The Morgan fingerprint density at radius 3 is 2.92 bits per heavy atom. The second kappa shape index (κ2) is 3.44. The molecule has 0 aliphatic heterocycles. The van der Waals surface area contributed by atoms with Crippen LogP contribution in [0.2, 0.25) is 0 Å². The molecule has 12 heavy (non-hydrogen) atoms. The summed E-state index contributed by atoms with van der Waals surface area (Å²) in [5, 5.41) is -0.0163. The van der Waals surface area contributed by atoms with E-state index in [-0.39, 0.29) is 10.8 Å². The van der Waals surface area contributed by atoms with Crippen LogP contribution in [0.15, 0.2) is 29.9 Å². The third-order valence-electron chi connectivity index (χ3n) is 1.17. The predicted octanol–water partition coefficient (Wildman–Crippen LogP) is 0.236. The molecule has 63 valence electrons. The zero-order valence-corrected chi connectivity index (χ0v) is 7.08. The maximum Gasteiger partial charge on any atom is 0.199 e. The van der Waals surface area contributed by atoms with Crippen LogP contribution in [0.4, 0.5) is 0 Å². The zero-order valence-electron chi connectivity index (χ0n) is 6.27. The van der Waals surface area contributed by atoms with E-state index in [1.54, 1.807) is 0 Å². The minimum Gasteiger partial charge on any atom is -0.234 e. The fraction of sp³-hybridized carbons (Fsp3) is 0.143. The lowest BCUT2D eigenvalue weighted by atomic mass is 10.7.